The van der Waals surface area contributed by atoms with Gasteiger partial charge in [-0.2, -0.15) is 13.2 Å². The number of alkyl halides is 3. The molecule has 0 saturated carbocycles. The number of rotatable bonds is 2. The van der Waals surface area contributed by atoms with Gasteiger partial charge in [0.1, 0.15) is 0 Å². The zero-order valence-electron chi connectivity index (χ0n) is 11.6. The smallest absolute Gasteiger partial charge is 0.269 e. The Bertz CT molecular complexity index is 989. The molecule has 0 bridgehead atoms. The monoisotopic (exact) mass is 337 g/mol. The summed E-state index contributed by atoms with van der Waals surface area (Å²) in [6.07, 6.45) is -4.47. The van der Waals surface area contributed by atoms with Gasteiger partial charge in [0.2, 0.25) is 0 Å². The summed E-state index contributed by atoms with van der Waals surface area (Å²) in [6.45, 7) is -0.192. The Kier molecular flexibility index (Phi) is 3.81. The maximum Gasteiger partial charge on any atom is 0.416 e. The maximum absolute atomic E-state index is 12.7. The summed E-state index contributed by atoms with van der Waals surface area (Å²) < 4.78 is 39.8. The number of hydrogen-bond acceptors (Lipinski definition) is 3. The van der Waals surface area contributed by atoms with E-state index in [0.29, 0.717) is 10.1 Å². The van der Waals surface area contributed by atoms with E-state index in [2.05, 4.69) is 0 Å². The van der Waals surface area contributed by atoms with E-state index in [0.717, 1.165) is 28.0 Å². The Morgan fingerprint density at radius 3 is 2.48 bits per heavy atom. The van der Waals surface area contributed by atoms with Crippen molar-refractivity contribution in [3.05, 3.63) is 79.7 Å². The highest BCUT2D eigenvalue weighted by molar-refractivity contribution is 7.16. The van der Waals surface area contributed by atoms with Gasteiger partial charge in [-0.05, 0) is 29.8 Å². The summed E-state index contributed by atoms with van der Waals surface area (Å²) in [5.74, 6) is 0. The van der Waals surface area contributed by atoms with Crippen LogP contribution in [-0.2, 0) is 12.7 Å². The topological polar surface area (TPSA) is 39.1 Å². The SMILES string of the molecule is O=c1sc2ccccc2c(=O)n1Cc1cccc(C(F)(F)F)c1. The number of aromatic nitrogens is 1. The average Bonchev–Trinajstić information content (AvgIpc) is 2.51. The van der Waals surface area contributed by atoms with Gasteiger partial charge in [0, 0.05) is 4.70 Å². The van der Waals surface area contributed by atoms with Crippen LogP contribution >= 0.6 is 11.3 Å². The Balaban J connectivity index is 2.09. The fourth-order valence-corrected chi connectivity index (χ4v) is 3.13. The van der Waals surface area contributed by atoms with E-state index in [-0.39, 0.29) is 12.1 Å². The molecule has 0 atom stereocenters. The highest BCUT2D eigenvalue weighted by atomic mass is 32.1. The van der Waals surface area contributed by atoms with Crippen LogP contribution in [0.1, 0.15) is 11.1 Å². The summed E-state index contributed by atoms with van der Waals surface area (Å²) in [6, 6.07) is 11.3. The molecular weight excluding hydrogens is 327 g/mol. The minimum absolute atomic E-state index is 0.192. The minimum Gasteiger partial charge on any atom is -0.269 e. The molecule has 0 fully saturated rings. The van der Waals surface area contributed by atoms with Gasteiger partial charge in [-0.1, -0.05) is 35.6 Å². The Morgan fingerprint density at radius 2 is 1.74 bits per heavy atom. The van der Waals surface area contributed by atoms with E-state index in [1.807, 2.05) is 0 Å². The van der Waals surface area contributed by atoms with Crippen LogP contribution in [0.5, 0.6) is 0 Å². The predicted molar refractivity (Wildman–Crippen MR) is 82.9 cm³/mol. The Labute approximate surface area is 132 Å². The molecule has 0 aliphatic heterocycles. The van der Waals surface area contributed by atoms with Crippen molar-refractivity contribution >= 4 is 21.4 Å². The lowest BCUT2D eigenvalue weighted by atomic mass is 10.1. The summed E-state index contributed by atoms with van der Waals surface area (Å²) >= 11 is 0.897. The molecule has 0 amide bonds. The molecule has 0 N–H and O–H groups in total. The molecule has 3 aromatic rings. The van der Waals surface area contributed by atoms with E-state index >= 15 is 0 Å². The summed E-state index contributed by atoms with van der Waals surface area (Å²) in [5.41, 5.74) is -1.05. The van der Waals surface area contributed by atoms with Crippen LogP contribution in [0.4, 0.5) is 13.2 Å². The number of halogens is 3. The van der Waals surface area contributed by atoms with Gasteiger partial charge in [0.25, 0.3) is 5.56 Å². The van der Waals surface area contributed by atoms with Crippen molar-refractivity contribution in [1.82, 2.24) is 4.57 Å². The first-order chi connectivity index (χ1) is 10.9. The van der Waals surface area contributed by atoms with Crippen LogP contribution < -0.4 is 10.4 Å². The lowest BCUT2D eigenvalue weighted by molar-refractivity contribution is -0.137. The molecule has 3 nitrogen and oxygen atoms in total. The first kappa shape index (κ1) is 15.5. The maximum atomic E-state index is 12.7. The molecule has 0 radical (unpaired) electrons. The van der Waals surface area contributed by atoms with Crippen LogP contribution in [-0.4, -0.2) is 4.57 Å². The van der Waals surface area contributed by atoms with Crippen molar-refractivity contribution in [2.75, 3.05) is 0 Å². The lowest BCUT2D eigenvalue weighted by Crippen LogP contribution is -2.31. The average molecular weight is 337 g/mol. The van der Waals surface area contributed by atoms with Crippen molar-refractivity contribution in [3.8, 4) is 0 Å². The number of fused-ring (bicyclic) bond motifs is 1. The quantitative estimate of drug-likeness (QED) is 0.718. The molecule has 0 saturated heterocycles. The molecule has 0 aliphatic carbocycles. The minimum atomic E-state index is -4.47. The first-order valence-electron chi connectivity index (χ1n) is 6.65. The standard InChI is InChI=1S/C16H10F3NO2S/c17-16(18,19)11-5-3-4-10(8-11)9-20-14(21)12-6-1-2-7-13(12)23-15(20)22/h1-8H,9H2. The second-order valence-corrected chi connectivity index (χ2v) is 5.95. The third-order valence-corrected chi connectivity index (χ3v) is 4.35. The van der Waals surface area contributed by atoms with Gasteiger partial charge in [-0.3, -0.25) is 14.2 Å². The zero-order chi connectivity index (χ0) is 16.6. The summed E-state index contributed by atoms with van der Waals surface area (Å²) in [4.78, 5) is 24.0. The highest BCUT2D eigenvalue weighted by Gasteiger charge is 2.30. The van der Waals surface area contributed by atoms with Gasteiger partial charge in [-0.25, -0.2) is 0 Å². The zero-order valence-corrected chi connectivity index (χ0v) is 12.4. The summed E-state index contributed by atoms with van der Waals surface area (Å²) in [5, 5.41) is 0.379. The van der Waals surface area contributed by atoms with E-state index in [1.54, 1.807) is 24.3 Å². The van der Waals surface area contributed by atoms with Crippen molar-refractivity contribution < 1.29 is 13.2 Å². The first-order valence-corrected chi connectivity index (χ1v) is 7.47. The van der Waals surface area contributed by atoms with Crippen LogP contribution in [0, 0.1) is 0 Å². The van der Waals surface area contributed by atoms with Crippen LogP contribution in [0.15, 0.2) is 58.1 Å². The Morgan fingerprint density at radius 1 is 1.00 bits per heavy atom. The molecule has 2 aromatic carbocycles. The van der Waals surface area contributed by atoms with Crippen LogP contribution in [0.3, 0.4) is 0 Å². The van der Waals surface area contributed by atoms with Gasteiger partial charge >= 0.3 is 11.0 Å². The van der Waals surface area contributed by atoms with Gasteiger partial charge in [0.05, 0.1) is 17.5 Å². The molecule has 3 rings (SSSR count). The Hall–Kier alpha value is -2.41. The van der Waals surface area contributed by atoms with E-state index in [1.165, 1.54) is 12.1 Å². The fraction of sp³-hybridized carbons (Fsp3) is 0.125. The molecule has 118 valence electrons. The number of benzene rings is 2. The van der Waals surface area contributed by atoms with Crippen LogP contribution in [0.25, 0.3) is 10.1 Å². The van der Waals surface area contributed by atoms with Gasteiger partial charge in [-0.15, -0.1) is 0 Å². The van der Waals surface area contributed by atoms with Crippen molar-refractivity contribution in [2.45, 2.75) is 12.7 Å². The molecule has 1 heterocycles. The molecule has 1 aromatic heterocycles. The number of nitrogens with zero attached hydrogens (tertiary/aromatic N) is 1. The van der Waals surface area contributed by atoms with Crippen molar-refractivity contribution in [2.24, 2.45) is 0 Å². The van der Waals surface area contributed by atoms with Gasteiger partial charge in [0.15, 0.2) is 0 Å². The largest absolute Gasteiger partial charge is 0.416 e. The van der Waals surface area contributed by atoms with E-state index in [4.69, 9.17) is 0 Å². The molecule has 23 heavy (non-hydrogen) atoms. The third kappa shape index (κ3) is 3.05. The molecular formula is C16H10F3NO2S. The molecule has 0 aliphatic rings. The fourth-order valence-electron chi connectivity index (χ4n) is 2.27. The lowest BCUT2D eigenvalue weighted by Gasteiger charge is -2.10. The second kappa shape index (κ2) is 5.66. The van der Waals surface area contributed by atoms with E-state index < -0.39 is 22.2 Å². The molecule has 0 spiro atoms. The molecule has 7 heteroatoms. The van der Waals surface area contributed by atoms with E-state index in [9.17, 15) is 22.8 Å². The summed E-state index contributed by atoms with van der Waals surface area (Å²) in [7, 11) is 0. The normalized spacial score (nSPS) is 11.8. The molecule has 0 unspecified atom stereocenters. The number of hydrogen-bond donors (Lipinski definition) is 0. The van der Waals surface area contributed by atoms with Crippen molar-refractivity contribution in [1.29, 1.82) is 0 Å². The van der Waals surface area contributed by atoms with Crippen LogP contribution in [0.2, 0.25) is 0 Å². The highest BCUT2D eigenvalue weighted by Crippen LogP contribution is 2.29. The van der Waals surface area contributed by atoms with Crippen molar-refractivity contribution in [3.63, 3.8) is 0 Å². The second-order valence-electron chi connectivity index (χ2n) is 4.95. The van der Waals surface area contributed by atoms with Gasteiger partial charge < -0.3 is 0 Å². The predicted octanol–water partition coefficient (Wildman–Crippen LogP) is 3.49. The third-order valence-electron chi connectivity index (χ3n) is 3.38.